The zero-order valence-electron chi connectivity index (χ0n) is 41.0. The monoisotopic (exact) mass is 923 g/mol. The summed E-state index contributed by atoms with van der Waals surface area (Å²) in [6, 6.07) is 9.14. The first kappa shape index (κ1) is 51.6. The first-order valence-electron chi connectivity index (χ1n) is 25.4. The molecule has 0 unspecified atom stereocenters. The minimum absolute atomic E-state index is 0.0349. The molecule has 7 N–H and O–H groups in total. The van der Waals surface area contributed by atoms with Crippen LogP contribution in [0.15, 0.2) is 107 Å². The molecule has 0 saturated heterocycles. The van der Waals surface area contributed by atoms with Crippen LogP contribution in [0, 0.1) is 40.4 Å². The molecule has 1 aliphatic heterocycles. The zero-order valence-corrected chi connectivity index (χ0v) is 41.0. The summed E-state index contributed by atoms with van der Waals surface area (Å²) >= 11 is 0. The Morgan fingerprint density at radius 1 is 1.06 bits per heavy atom. The molecule has 4 bridgehead atoms. The van der Waals surface area contributed by atoms with Crippen LogP contribution in [0.3, 0.4) is 0 Å². The van der Waals surface area contributed by atoms with E-state index in [9.17, 15) is 30.3 Å². The van der Waals surface area contributed by atoms with Gasteiger partial charge in [-0.25, -0.2) is 0 Å². The van der Waals surface area contributed by atoms with Crippen molar-refractivity contribution in [3.63, 3.8) is 0 Å². The highest BCUT2D eigenvalue weighted by atomic mass is 16.5. The summed E-state index contributed by atoms with van der Waals surface area (Å²) in [6.45, 7) is 10.3. The smallest absolute Gasteiger partial charge is 0.145 e. The minimum Gasteiger partial charge on any atom is -0.396 e. The highest BCUT2D eigenvalue weighted by Gasteiger charge is 2.77. The minimum atomic E-state index is -1.56. The lowest BCUT2D eigenvalue weighted by Crippen LogP contribution is -2.72. The number of aldehydes is 1. The lowest BCUT2D eigenvalue weighted by molar-refractivity contribution is -0.233. The predicted molar refractivity (Wildman–Crippen MR) is 266 cm³/mol. The van der Waals surface area contributed by atoms with Crippen LogP contribution in [0.1, 0.15) is 102 Å². The Hall–Kier alpha value is -3.29. The van der Waals surface area contributed by atoms with Gasteiger partial charge in [0.25, 0.3) is 0 Å². The second-order valence-corrected chi connectivity index (χ2v) is 21.3. The van der Waals surface area contributed by atoms with E-state index < -0.39 is 46.6 Å². The average Bonchev–Trinajstić information content (AvgIpc) is 3.66. The Morgan fingerprint density at radius 2 is 1.85 bits per heavy atom. The predicted octanol–water partition coefficient (Wildman–Crippen LogP) is 7.22. The van der Waals surface area contributed by atoms with Crippen LogP contribution in [0.4, 0.5) is 0 Å². The van der Waals surface area contributed by atoms with Crippen LogP contribution in [-0.4, -0.2) is 115 Å². The lowest BCUT2D eigenvalue weighted by atomic mass is 9.37. The van der Waals surface area contributed by atoms with Gasteiger partial charge in [-0.3, -0.25) is 4.79 Å². The number of rotatable bonds is 19. The number of carbonyl (C=O) groups is 1. The van der Waals surface area contributed by atoms with E-state index in [2.05, 4.69) is 72.7 Å². The van der Waals surface area contributed by atoms with Gasteiger partial charge >= 0.3 is 0 Å². The van der Waals surface area contributed by atoms with Gasteiger partial charge in [-0.15, -0.1) is 0 Å². The van der Waals surface area contributed by atoms with Crippen LogP contribution in [0.2, 0.25) is 0 Å². The summed E-state index contributed by atoms with van der Waals surface area (Å²) in [4.78, 5) is 12.7. The molecular weight excluding hydrogens is 841 g/mol. The number of hydrogen-bond acceptors (Lipinski definition) is 10. The molecule has 1 spiro atoms. The number of ether oxygens (including phenoxy) is 2. The van der Waals surface area contributed by atoms with E-state index in [1.54, 1.807) is 0 Å². The molecular formula is C57H82N2O8. The second-order valence-electron chi connectivity index (χ2n) is 21.3. The Kier molecular flexibility index (Phi) is 17.1. The van der Waals surface area contributed by atoms with Gasteiger partial charge in [0.1, 0.15) is 12.4 Å². The van der Waals surface area contributed by atoms with Crippen LogP contribution >= 0.6 is 0 Å². The number of benzene rings is 1. The molecule has 0 amide bonds. The summed E-state index contributed by atoms with van der Waals surface area (Å²) in [5.41, 5.74) is 2.58. The number of methoxy groups -OCH3 is 1. The molecule has 5 aliphatic carbocycles. The summed E-state index contributed by atoms with van der Waals surface area (Å²) in [7, 11) is 3.68. The van der Waals surface area contributed by atoms with E-state index >= 15 is 0 Å². The Balaban J connectivity index is 1.23. The zero-order chi connectivity index (χ0) is 47.9. The van der Waals surface area contributed by atoms with E-state index in [1.807, 2.05) is 45.4 Å². The van der Waals surface area contributed by atoms with Crippen LogP contribution in [-0.2, 0) is 27.1 Å². The molecule has 0 radical (unpaired) electrons. The summed E-state index contributed by atoms with van der Waals surface area (Å²) in [5, 5.41) is 64.9. The normalized spacial score (nSPS) is 36.4. The molecule has 1 aromatic carbocycles. The number of hydrogen-bond donors (Lipinski definition) is 7. The molecule has 0 aromatic heterocycles. The summed E-state index contributed by atoms with van der Waals surface area (Å²) in [6.07, 6.45) is 28.7. The Bertz CT molecular complexity index is 2080. The van der Waals surface area contributed by atoms with E-state index in [0.29, 0.717) is 50.1 Å². The Labute approximate surface area is 401 Å². The van der Waals surface area contributed by atoms with Crippen LogP contribution < -0.4 is 10.6 Å². The number of allylic oxidation sites excluding steroid dienone is 10. The molecule has 3 fully saturated rings. The highest BCUT2D eigenvalue weighted by Crippen LogP contribution is 2.75. The van der Waals surface area contributed by atoms with Gasteiger partial charge in [-0.05, 0) is 132 Å². The number of carbonyl (C=O) groups excluding carboxylic acids is 1. The van der Waals surface area contributed by atoms with Crippen molar-refractivity contribution in [2.75, 3.05) is 60.3 Å². The summed E-state index contributed by atoms with van der Waals surface area (Å²) in [5.74, 6) is -0.370. The molecule has 10 heteroatoms. The van der Waals surface area contributed by atoms with Gasteiger partial charge in [-0.1, -0.05) is 115 Å². The van der Waals surface area contributed by atoms with Crippen molar-refractivity contribution in [2.24, 2.45) is 40.4 Å². The van der Waals surface area contributed by atoms with Gasteiger partial charge in [0.2, 0.25) is 0 Å². The quantitative estimate of drug-likeness (QED) is 0.0327. The van der Waals surface area contributed by atoms with Crippen molar-refractivity contribution < 1.29 is 39.8 Å². The number of nitrogens with one attached hydrogen (secondary N) is 2. The van der Waals surface area contributed by atoms with Crippen molar-refractivity contribution in [3.05, 3.63) is 118 Å². The largest absolute Gasteiger partial charge is 0.396 e. The molecule has 7 rings (SSSR count). The van der Waals surface area contributed by atoms with Crippen molar-refractivity contribution in [3.8, 4) is 0 Å². The average molecular weight is 923 g/mol. The third-order valence-electron chi connectivity index (χ3n) is 17.4. The number of fused-ring (bicyclic) bond motifs is 3. The number of aliphatic hydroxyl groups excluding tert-OH is 3. The maximum absolute atomic E-state index is 13.7. The molecule has 1 heterocycles. The molecule has 3 saturated carbocycles. The third-order valence-corrected chi connectivity index (χ3v) is 17.4. The van der Waals surface area contributed by atoms with E-state index in [1.165, 1.54) is 48.8 Å². The van der Waals surface area contributed by atoms with Crippen molar-refractivity contribution >= 4 is 6.29 Å². The SMILES string of the molecule is C=C(/C=C/C=C(/COC[C@H](O)CO)[C@@H]1CC[C@@]23[C@H]4/C(=C(/C)C=O)[C@H](C=C[C@@]4(CCO)C=C[C@@]12O)C[C@]3(O)CCNC)[C@@H]1C/C=C(\C)CN[C@@](CCOC)(C2CCCCC2)Cc2cccc(c2)C1. The second kappa shape index (κ2) is 22.2. The molecule has 10 atom stereocenters. The molecule has 10 nitrogen and oxygen atoms in total. The van der Waals surface area contributed by atoms with E-state index in [0.717, 1.165) is 61.8 Å². The fourth-order valence-corrected chi connectivity index (χ4v) is 14.1. The van der Waals surface area contributed by atoms with Crippen LogP contribution in [0.25, 0.3) is 0 Å². The molecule has 67 heavy (non-hydrogen) atoms. The van der Waals surface area contributed by atoms with E-state index in [-0.39, 0.29) is 37.2 Å². The lowest BCUT2D eigenvalue weighted by Gasteiger charge is -2.68. The topological polar surface area (TPSA) is 161 Å². The molecule has 6 aliphatic rings. The fourth-order valence-electron chi connectivity index (χ4n) is 14.1. The Morgan fingerprint density at radius 3 is 2.58 bits per heavy atom. The highest BCUT2D eigenvalue weighted by molar-refractivity contribution is 5.75. The van der Waals surface area contributed by atoms with Gasteiger partial charge in [0.15, 0.2) is 0 Å². The van der Waals surface area contributed by atoms with Crippen LogP contribution in [0.5, 0.6) is 0 Å². The first-order chi connectivity index (χ1) is 32.3. The number of aliphatic hydroxyl groups is 5. The van der Waals surface area contributed by atoms with E-state index in [4.69, 9.17) is 9.47 Å². The fraction of sp³-hybridized carbons (Fsp3) is 0.632. The maximum atomic E-state index is 13.7. The van der Waals surface area contributed by atoms with Gasteiger partial charge in [0.05, 0.1) is 31.0 Å². The molecule has 368 valence electrons. The van der Waals surface area contributed by atoms with Gasteiger partial charge in [0, 0.05) is 61.0 Å². The first-order valence-corrected chi connectivity index (χ1v) is 25.4. The van der Waals surface area contributed by atoms with Crippen molar-refractivity contribution in [1.29, 1.82) is 0 Å². The van der Waals surface area contributed by atoms with Crippen molar-refractivity contribution in [2.45, 2.75) is 127 Å². The van der Waals surface area contributed by atoms with Crippen molar-refractivity contribution in [1.82, 2.24) is 10.6 Å². The van der Waals surface area contributed by atoms with Gasteiger partial charge in [-0.2, -0.15) is 0 Å². The maximum Gasteiger partial charge on any atom is 0.145 e. The standard InChI is InChI=1S/C57H82N2O8/c1-40-17-18-45(32-43-12-10-13-44(31-43)33-54(59-35-40,27-30-66-5)48-15-7-6-8-16-48)41(2)11-9-14-47(38-67-39-49(63)37-62)50-20-22-56-52-51(42(3)36-61)46(34-55(56,64)25-28-58-4)19-21-53(52,26-29-60)23-24-57(50,56)65/h9-14,17,19,21,23-24,31,36,45-46,48-50,52,58-60,62-65H,2,6-8,15-16,18,20,22,25-30,32-35,37-39H2,1,3-5H3/b11-9+,40-17+,47-14-,51-42-/t45-,46-,49-,50+,52+,53+,54-,55-,56+,57-/m1/s1. The molecule has 1 aromatic rings. The summed E-state index contributed by atoms with van der Waals surface area (Å²) < 4.78 is 11.8. The third kappa shape index (κ3) is 10.2. The van der Waals surface area contributed by atoms with Gasteiger partial charge < -0.3 is 45.6 Å².